The second-order valence-electron chi connectivity index (χ2n) is 5.44. The molecule has 0 unspecified atom stereocenters. The maximum absolute atomic E-state index is 12.4. The van der Waals surface area contributed by atoms with Gasteiger partial charge in [-0.1, -0.05) is 34.1 Å². The molecule has 1 aliphatic heterocycles. The van der Waals surface area contributed by atoms with Crippen molar-refractivity contribution in [1.82, 2.24) is 10.0 Å². The predicted octanol–water partition coefficient (Wildman–Crippen LogP) is 3.26. The van der Waals surface area contributed by atoms with Crippen molar-refractivity contribution in [2.45, 2.75) is 31.5 Å². The van der Waals surface area contributed by atoms with Gasteiger partial charge in [0.25, 0.3) is 0 Å². The summed E-state index contributed by atoms with van der Waals surface area (Å²) in [6.45, 7) is 3.83. The summed E-state index contributed by atoms with van der Waals surface area (Å²) >= 11 is 3.35. The minimum absolute atomic E-state index is 0. The van der Waals surface area contributed by atoms with E-state index in [0.29, 0.717) is 11.4 Å². The van der Waals surface area contributed by atoms with E-state index in [-0.39, 0.29) is 12.4 Å². The summed E-state index contributed by atoms with van der Waals surface area (Å²) in [5.74, 6) is 0. The molecule has 7 heteroatoms. The molecule has 0 bridgehead atoms. The third-order valence-corrected chi connectivity index (χ3v) is 5.85. The van der Waals surface area contributed by atoms with Crippen LogP contribution in [0.2, 0.25) is 0 Å². The molecule has 2 aromatic rings. The number of benzene rings is 2. The zero-order valence-corrected chi connectivity index (χ0v) is 15.8. The molecule has 0 spiro atoms. The predicted molar refractivity (Wildman–Crippen MR) is 97.1 cm³/mol. The van der Waals surface area contributed by atoms with Crippen LogP contribution in [0.4, 0.5) is 0 Å². The largest absolute Gasteiger partial charge is 0.309 e. The van der Waals surface area contributed by atoms with Crippen molar-refractivity contribution in [2.24, 2.45) is 0 Å². The Morgan fingerprint density at radius 1 is 1.13 bits per heavy atom. The lowest BCUT2D eigenvalue weighted by Gasteiger charge is -2.10. The summed E-state index contributed by atoms with van der Waals surface area (Å²) in [5, 5.41) is 3.28. The molecular formula is C16H18BrClN2O2S. The standard InChI is InChI=1S/C16H17BrN2O2S.ClH/c1-11-6-15(17)4-5-16(11)22(20,21)19-8-12-2-3-13-9-18-10-14(13)7-12;/h2-7,18-19H,8-10H2,1H3;1H. The molecule has 2 N–H and O–H groups in total. The molecule has 4 nitrogen and oxygen atoms in total. The smallest absolute Gasteiger partial charge is 0.241 e. The second kappa shape index (κ2) is 7.32. The highest BCUT2D eigenvalue weighted by atomic mass is 79.9. The zero-order valence-electron chi connectivity index (χ0n) is 12.6. The molecular weight excluding hydrogens is 400 g/mol. The van der Waals surface area contributed by atoms with Crippen LogP contribution in [-0.4, -0.2) is 8.42 Å². The highest BCUT2D eigenvalue weighted by molar-refractivity contribution is 9.10. The van der Waals surface area contributed by atoms with E-state index < -0.39 is 10.0 Å². The molecule has 0 aromatic heterocycles. The van der Waals surface area contributed by atoms with E-state index >= 15 is 0 Å². The van der Waals surface area contributed by atoms with Gasteiger partial charge in [-0.3, -0.25) is 0 Å². The average Bonchev–Trinajstić information content (AvgIpc) is 2.92. The van der Waals surface area contributed by atoms with E-state index in [1.54, 1.807) is 25.1 Å². The lowest BCUT2D eigenvalue weighted by atomic mass is 10.1. The van der Waals surface area contributed by atoms with Gasteiger partial charge in [0, 0.05) is 24.1 Å². The van der Waals surface area contributed by atoms with Gasteiger partial charge in [0.05, 0.1) is 4.90 Å². The fraction of sp³-hybridized carbons (Fsp3) is 0.250. The van der Waals surface area contributed by atoms with Gasteiger partial charge >= 0.3 is 0 Å². The van der Waals surface area contributed by atoms with E-state index in [0.717, 1.165) is 28.7 Å². The number of nitrogens with one attached hydrogen (secondary N) is 2. The minimum atomic E-state index is -3.51. The van der Waals surface area contributed by atoms with E-state index in [1.165, 1.54) is 11.1 Å². The fourth-order valence-corrected chi connectivity index (χ4v) is 4.35. The molecule has 23 heavy (non-hydrogen) atoms. The second-order valence-corrected chi connectivity index (χ2v) is 8.09. The van der Waals surface area contributed by atoms with Crippen LogP contribution in [0, 0.1) is 6.92 Å². The van der Waals surface area contributed by atoms with E-state index in [9.17, 15) is 8.42 Å². The molecule has 1 heterocycles. The molecule has 3 rings (SSSR count). The van der Waals surface area contributed by atoms with Gasteiger partial charge in [0.2, 0.25) is 10.0 Å². The summed E-state index contributed by atoms with van der Waals surface area (Å²) in [6, 6.07) is 11.3. The van der Waals surface area contributed by atoms with Crippen LogP contribution in [0.5, 0.6) is 0 Å². The Morgan fingerprint density at radius 2 is 1.87 bits per heavy atom. The Hall–Kier alpha value is -0.920. The molecule has 1 aliphatic rings. The number of hydrogen-bond donors (Lipinski definition) is 2. The van der Waals surface area contributed by atoms with Crippen LogP contribution >= 0.6 is 28.3 Å². The molecule has 0 saturated carbocycles. The van der Waals surface area contributed by atoms with Crippen molar-refractivity contribution in [1.29, 1.82) is 0 Å². The van der Waals surface area contributed by atoms with Gasteiger partial charge in [0.1, 0.15) is 0 Å². The van der Waals surface area contributed by atoms with Gasteiger partial charge in [-0.25, -0.2) is 13.1 Å². The first-order valence-corrected chi connectivity index (χ1v) is 9.30. The van der Waals surface area contributed by atoms with Crippen molar-refractivity contribution in [2.75, 3.05) is 0 Å². The van der Waals surface area contributed by atoms with Crippen molar-refractivity contribution >= 4 is 38.4 Å². The third-order valence-electron chi connectivity index (χ3n) is 3.79. The molecule has 0 fully saturated rings. The molecule has 0 amide bonds. The Bertz CT molecular complexity index is 825. The summed E-state index contributed by atoms with van der Waals surface area (Å²) in [5.41, 5.74) is 4.23. The van der Waals surface area contributed by atoms with Crippen LogP contribution in [0.1, 0.15) is 22.3 Å². The zero-order chi connectivity index (χ0) is 15.7. The monoisotopic (exact) mass is 416 g/mol. The quantitative estimate of drug-likeness (QED) is 0.803. The van der Waals surface area contributed by atoms with Crippen LogP contribution in [0.3, 0.4) is 0 Å². The number of hydrogen-bond acceptors (Lipinski definition) is 3. The molecule has 2 aromatic carbocycles. The minimum Gasteiger partial charge on any atom is -0.309 e. The number of fused-ring (bicyclic) bond motifs is 1. The molecule has 124 valence electrons. The highest BCUT2D eigenvalue weighted by Crippen LogP contribution is 2.21. The van der Waals surface area contributed by atoms with E-state index in [1.807, 2.05) is 6.07 Å². The topological polar surface area (TPSA) is 58.2 Å². The SMILES string of the molecule is Cc1cc(Br)ccc1S(=O)(=O)NCc1ccc2c(c1)CNC2.Cl. The van der Waals surface area contributed by atoms with E-state index in [4.69, 9.17) is 0 Å². The highest BCUT2D eigenvalue weighted by Gasteiger charge is 2.17. The Morgan fingerprint density at radius 3 is 2.61 bits per heavy atom. The van der Waals surface area contributed by atoms with Gasteiger partial charge in [-0.15, -0.1) is 12.4 Å². The van der Waals surface area contributed by atoms with Gasteiger partial charge in [-0.05, 0) is 47.4 Å². The first-order chi connectivity index (χ1) is 10.5. The van der Waals surface area contributed by atoms with Crippen LogP contribution in [0.25, 0.3) is 0 Å². The first kappa shape index (κ1) is 18.4. The van der Waals surface area contributed by atoms with Crippen LogP contribution in [0.15, 0.2) is 45.8 Å². The van der Waals surface area contributed by atoms with Crippen molar-refractivity contribution < 1.29 is 8.42 Å². The third kappa shape index (κ3) is 4.14. The number of rotatable bonds is 4. The molecule has 0 aliphatic carbocycles. The summed E-state index contributed by atoms with van der Waals surface area (Å²) < 4.78 is 28.4. The van der Waals surface area contributed by atoms with Gasteiger partial charge in [0.15, 0.2) is 0 Å². The maximum atomic E-state index is 12.4. The first-order valence-electron chi connectivity index (χ1n) is 7.03. The van der Waals surface area contributed by atoms with Crippen molar-refractivity contribution in [3.05, 3.63) is 63.1 Å². The summed E-state index contributed by atoms with van der Waals surface area (Å²) in [4.78, 5) is 0.318. The Balaban J connectivity index is 0.00000192. The molecule has 0 radical (unpaired) electrons. The number of halogens is 2. The molecule has 0 atom stereocenters. The maximum Gasteiger partial charge on any atom is 0.241 e. The number of aryl methyl sites for hydroxylation is 1. The van der Waals surface area contributed by atoms with E-state index in [2.05, 4.69) is 38.1 Å². The Labute approximate surface area is 151 Å². The van der Waals surface area contributed by atoms with Crippen LogP contribution in [-0.2, 0) is 29.7 Å². The lowest BCUT2D eigenvalue weighted by Crippen LogP contribution is -2.24. The van der Waals surface area contributed by atoms with Gasteiger partial charge < -0.3 is 5.32 Å². The summed E-state index contributed by atoms with van der Waals surface area (Å²) in [7, 11) is -3.51. The van der Waals surface area contributed by atoms with Gasteiger partial charge in [-0.2, -0.15) is 0 Å². The van der Waals surface area contributed by atoms with Crippen molar-refractivity contribution in [3.8, 4) is 0 Å². The Kier molecular flexibility index (Phi) is 5.86. The normalized spacial score (nSPS) is 13.5. The molecule has 0 saturated heterocycles. The fourth-order valence-electron chi connectivity index (χ4n) is 2.63. The lowest BCUT2D eigenvalue weighted by molar-refractivity contribution is 0.580. The average molecular weight is 418 g/mol. The van der Waals surface area contributed by atoms with Crippen LogP contribution < -0.4 is 10.0 Å². The van der Waals surface area contributed by atoms with Crippen molar-refractivity contribution in [3.63, 3.8) is 0 Å². The number of sulfonamides is 1. The summed E-state index contributed by atoms with van der Waals surface area (Å²) in [6.07, 6.45) is 0.